The van der Waals surface area contributed by atoms with Crippen molar-refractivity contribution in [2.24, 2.45) is 0 Å². The van der Waals surface area contributed by atoms with Crippen LogP contribution in [0, 0.1) is 0 Å². The molecular formula is C19H13BrN2O5. The number of rotatable bonds is 1. The highest BCUT2D eigenvalue weighted by atomic mass is 79.9. The number of aromatic nitrogens is 2. The standard InChI is InChI=1S/C19H13BrN2O5/c20-8-1-2-14-9(3-8)12(6-23)11-5-22-15(16(11)21-14)4-10-13(18(22)25)7-27-19(26)17(10)24/h1-4,17,23-24H,5-7H2. The molecule has 3 aromatic rings. The van der Waals surface area contributed by atoms with E-state index in [1.54, 1.807) is 10.6 Å². The highest BCUT2D eigenvalue weighted by Gasteiger charge is 2.34. The SMILES string of the molecule is O=C1OCc2c(cc3n(c2=O)Cc2c-3nc3ccc(Br)cc3c2CO)C1O. The monoisotopic (exact) mass is 428 g/mol. The molecule has 5 rings (SSSR count). The van der Waals surface area contributed by atoms with Gasteiger partial charge >= 0.3 is 5.97 Å². The quantitative estimate of drug-likeness (QED) is 0.448. The van der Waals surface area contributed by atoms with Gasteiger partial charge < -0.3 is 19.5 Å². The summed E-state index contributed by atoms with van der Waals surface area (Å²) in [6.07, 6.45) is -1.48. The zero-order valence-electron chi connectivity index (χ0n) is 13.9. The van der Waals surface area contributed by atoms with Crippen molar-refractivity contribution < 1.29 is 19.7 Å². The number of hydrogen-bond acceptors (Lipinski definition) is 6. The third kappa shape index (κ3) is 2.24. The Bertz CT molecular complexity index is 1220. The normalized spacial score (nSPS) is 17.4. The van der Waals surface area contributed by atoms with Crippen LogP contribution in [0.25, 0.3) is 22.3 Å². The minimum atomic E-state index is -1.48. The molecule has 0 saturated heterocycles. The van der Waals surface area contributed by atoms with Crippen LogP contribution in [-0.2, 0) is 29.3 Å². The van der Waals surface area contributed by atoms with Crippen LogP contribution in [0.3, 0.4) is 0 Å². The zero-order valence-corrected chi connectivity index (χ0v) is 15.5. The molecule has 4 heterocycles. The number of aliphatic hydroxyl groups is 2. The fourth-order valence-corrected chi connectivity index (χ4v) is 4.22. The lowest BCUT2D eigenvalue weighted by Crippen LogP contribution is -2.32. The van der Waals surface area contributed by atoms with Crippen LogP contribution < -0.4 is 5.56 Å². The third-order valence-electron chi connectivity index (χ3n) is 5.19. The van der Waals surface area contributed by atoms with E-state index in [-0.39, 0.29) is 36.4 Å². The number of hydrogen-bond donors (Lipinski definition) is 2. The molecule has 0 aliphatic carbocycles. The molecule has 2 N–H and O–H groups in total. The number of carbonyl (C=O) groups is 1. The van der Waals surface area contributed by atoms with Gasteiger partial charge in [-0.2, -0.15) is 0 Å². The van der Waals surface area contributed by atoms with Gasteiger partial charge in [0.05, 0.1) is 35.6 Å². The van der Waals surface area contributed by atoms with Crippen molar-refractivity contribution in [1.82, 2.24) is 9.55 Å². The number of aliphatic hydroxyl groups excluding tert-OH is 2. The van der Waals surface area contributed by atoms with Crippen LogP contribution in [0.2, 0.25) is 0 Å². The first-order chi connectivity index (χ1) is 13.0. The van der Waals surface area contributed by atoms with E-state index in [1.807, 2.05) is 18.2 Å². The van der Waals surface area contributed by atoms with Crippen molar-refractivity contribution in [3.05, 3.63) is 61.3 Å². The number of esters is 1. The van der Waals surface area contributed by atoms with E-state index in [1.165, 1.54) is 0 Å². The smallest absolute Gasteiger partial charge is 0.340 e. The lowest BCUT2D eigenvalue weighted by molar-refractivity contribution is -0.157. The van der Waals surface area contributed by atoms with Gasteiger partial charge in [-0.25, -0.2) is 9.78 Å². The first-order valence-electron chi connectivity index (χ1n) is 8.33. The van der Waals surface area contributed by atoms with Crippen molar-refractivity contribution >= 4 is 32.8 Å². The van der Waals surface area contributed by atoms with Gasteiger partial charge in [-0.15, -0.1) is 0 Å². The first-order valence-corrected chi connectivity index (χ1v) is 9.12. The molecule has 1 atom stereocenters. The number of pyridine rings is 2. The molecule has 8 heteroatoms. The molecule has 2 aliphatic rings. The zero-order chi connectivity index (χ0) is 18.9. The molecule has 0 radical (unpaired) electrons. The summed E-state index contributed by atoms with van der Waals surface area (Å²) in [5.74, 6) is -0.766. The van der Waals surface area contributed by atoms with Crippen LogP contribution in [0.4, 0.5) is 0 Å². The molecule has 0 fully saturated rings. The largest absolute Gasteiger partial charge is 0.458 e. The summed E-state index contributed by atoms with van der Waals surface area (Å²) in [6.45, 7) is -0.0768. The number of benzene rings is 1. The van der Waals surface area contributed by atoms with Crippen LogP contribution in [0.15, 0.2) is 33.5 Å². The predicted octanol–water partition coefficient (Wildman–Crippen LogP) is 1.77. The number of cyclic esters (lactones) is 1. The molecule has 7 nitrogen and oxygen atoms in total. The van der Waals surface area contributed by atoms with Crippen molar-refractivity contribution in [2.45, 2.75) is 25.9 Å². The summed E-state index contributed by atoms with van der Waals surface area (Å²) >= 11 is 3.43. The van der Waals surface area contributed by atoms with Crippen LogP contribution in [0.1, 0.15) is 28.4 Å². The van der Waals surface area contributed by atoms with E-state index in [9.17, 15) is 19.8 Å². The van der Waals surface area contributed by atoms with Crippen LogP contribution in [0.5, 0.6) is 0 Å². The predicted molar refractivity (Wildman–Crippen MR) is 98.9 cm³/mol. The van der Waals surface area contributed by atoms with Gasteiger partial charge in [-0.05, 0) is 29.8 Å². The summed E-state index contributed by atoms with van der Waals surface area (Å²) in [5.41, 5.74) is 3.51. The number of nitrogens with zero attached hydrogens (tertiary/aromatic N) is 2. The maximum atomic E-state index is 12.9. The average Bonchev–Trinajstić information content (AvgIpc) is 3.02. The molecule has 2 aliphatic heterocycles. The molecule has 27 heavy (non-hydrogen) atoms. The molecule has 2 aromatic heterocycles. The number of carbonyl (C=O) groups excluding carboxylic acids is 1. The Morgan fingerprint density at radius 2 is 2.07 bits per heavy atom. The van der Waals surface area contributed by atoms with Crippen molar-refractivity contribution in [2.75, 3.05) is 0 Å². The fraction of sp³-hybridized carbons (Fsp3) is 0.211. The average molecular weight is 429 g/mol. The molecule has 136 valence electrons. The van der Waals surface area contributed by atoms with E-state index < -0.39 is 12.1 Å². The van der Waals surface area contributed by atoms with Crippen molar-refractivity contribution in [3.8, 4) is 11.4 Å². The van der Waals surface area contributed by atoms with Gasteiger partial charge in [0.1, 0.15) is 6.61 Å². The Morgan fingerprint density at radius 3 is 2.85 bits per heavy atom. The van der Waals surface area contributed by atoms with Gasteiger partial charge in [0.25, 0.3) is 5.56 Å². The maximum Gasteiger partial charge on any atom is 0.340 e. The second-order valence-corrected chi connectivity index (χ2v) is 7.52. The lowest BCUT2D eigenvalue weighted by atomic mass is 9.99. The van der Waals surface area contributed by atoms with Gasteiger partial charge in [0.2, 0.25) is 0 Å². The Morgan fingerprint density at radius 1 is 1.26 bits per heavy atom. The molecule has 0 saturated carbocycles. The maximum absolute atomic E-state index is 12.9. The highest BCUT2D eigenvalue weighted by molar-refractivity contribution is 9.10. The van der Waals surface area contributed by atoms with Gasteiger partial charge in [0.15, 0.2) is 6.10 Å². The molecule has 0 spiro atoms. The fourth-order valence-electron chi connectivity index (χ4n) is 3.86. The second-order valence-electron chi connectivity index (χ2n) is 6.60. The Hall–Kier alpha value is -2.55. The molecule has 1 unspecified atom stereocenters. The minimum Gasteiger partial charge on any atom is -0.458 e. The van der Waals surface area contributed by atoms with Gasteiger partial charge in [-0.3, -0.25) is 4.79 Å². The van der Waals surface area contributed by atoms with E-state index in [0.29, 0.717) is 22.5 Å². The number of fused-ring (bicyclic) bond motifs is 5. The Labute approximate surface area is 161 Å². The highest BCUT2D eigenvalue weighted by Crippen LogP contribution is 2.38. The lowest BCUT2D eigenvalue weighted by Gasteiger charge is -2.21. The molecule has 1 aromatic carbocycles. The topological polar surface area (TPSA) is 102 Å². The number of ether oxygens (including phenoxy) is 1. The first kappa shape index (κ1) is 16.6. The van der Waals surface area contributed by atoms with Crippen LogP contribution >= 0.6 is 15.9 Å². The van der Waals surface area contributed by atoms with Crippen molar-refractivity contribution in [1.29, 1.82) is 0 Å². The van der Waals surface area contributed by atoms with E-state index in [2.05, 4.69) is 15.9 Å². The molecule has 0 amide bonds. The summed E-state index contributed by atoms with van der Waals surface area (Å²) in [4.78, 5) is 29.3. The van der Waals surface area contributed by atoms with Crippen LogP contribution in [-0.4, -0.2) is 25.7 Å². The molecule has 0 bridgehead atoms. The Balaban J connectivity index is 1.83. The molecular weight excluding hydrogens is 416 g/mol. The van der Waals surface area contributed by atoms with Gasteiger partial charge in [-0.1, -0.05) is 15.9 Å². The summed E-state index contributed by atoms with van der Waals surface area (Å²) in [7, 11) is 0. The van der Waals surface area contributed by atoms with E-state index in [4.69, 9.17) is 9.72 Å². The second kappa shape index (κ2) is 5.72. The van der Waals surface area contributed by atoms with E-state index >= 15 is 0 Å². The summed E-state index contributed by atoms with van der Waals surface area (Å²) in [5, 5.41) is 21.0. The number of halogens is 1. The summed E-state index contributed by atoms with van der Waals surface area (Å²) < 4.78 is 7.31. The van der Waals surface area contributed by atoms with Crippen molar-refractivity contribution in [3.63, 3.8) is 0 Å². The van der Waals surface area contributed by atoms with Gasteiger partial charge in [0, 0.05) is 21.0 Å². The minimum absolute atomic E-state index is 0.157. The third-order valence-corrected chi connectivity index (χ3v) is 5.69. The summed E-state index contributed by atoms with van der Waals surface area (Å²) in [6, 6.07) is 7.22. The van der Waals surface area contributed by atoms with E-state index in [0.717, 1.165) is 15.4 Å². The Kier molecular flexibility index (Phi) is 3.52.